The third kappa shape index (κ3) is 3.78. The zero-order valence-electron chi connectivity index (χ0n) is 18.9. The highest BCUT2D eigenvalue weighted by Gasteiger charge is 2.22. The summed E-state index contributed by atoms with van der Waals surface area (Å²) in [5.41, 5.74) is 10.8. The van der Waals surface area contributed by atoms with E-state index in [0.29, 0.717) is 28.1 Å². The summed E-state index contributed by atoms with van der Waals surface area (Å²) in [7, 11) is 0. The average Bonchev–Trinajstić information content (AvgIpc) is 3.22. The van der Waals surface area contributed by atoms with Gasteiger partial charge in [0.25, 0.3) is 0 Å². The maximum atomic E-state index is 14.0. The molecular weight excluding hydrogens is 449 g/mol. The van der Waals surface area contributed by atoms with Gasteiger partial charge in [-0.1, -0.05) is 18.2 Å². The summed E-state index contributed by atoms with van der Waals surface area (Å²) in [6.07, 6.45) is 8.13. The number of allylic oxidation sites excluding steroid dienone is 1. The first-order valence-electron chi connectivity index (χ1n) is 11.0. The van der Waals surface area contributed by atoms with Crippen LogP contribution in [-0.2, 0) is 13.0 Å². The second kappa shape index (κ2) is 8.64. The molecule has 0 unspecified atom stereocenters. The fourth-order valence-corrected chi connectivity index (χ4v) is 4.57. The number of anilines is 2. The number of nitro benzene ring substituents is 1. The number of nitrogens with two attached hydrogens (primary N) is 1. The Labute approximate surface area is 199 Å². The average molecular weight is 471 g/mol. The summed E-state index contributed by atoms with van der Waals surface area (Å²) in [4.78, 5) is 19.5. The van der Waals surface area contributed by atoms with E-state index in [1.165, 1.54) is 11.8 Å². The highest BCUT2D eigenvalue weighted by atomic mass is 19.1. The molecule has 176 valence electrons. The minimum absolute atomic E-state index is 0.182. The molecule has 9 nitrogen and oxygen atoms in total. The number of halogens is 1. The molecule has 4 N–H and O–H groups in total. The molecule has 5 rings (SSSR count). The first kappa shape index (κ1) is 22.2. The Kier molecular flexibility index (Phi) is 5.48. The second-order valence-electron chi connectivity index (χ2n) is 8.38. The number of hydrogen-bond donors (Lipinski definition) is 3. The van der Waals surface area contributed by atoms with Crippen molar-refractivity contribution in [2.24, 2.45) is 5.73 Å². The molecule has 0 saturated heterocycles. The largest absolute Gasteiger partial charge is 0.404 e. The van der Waals surface area contributed by atoms with E-state index in [9.17, 15) is 14.5 Å². The van der Waals surface area contributed by atoms with Gasteiger partial charge < -0.3 is 21.0 Å². The lowest BCUT2D eigenvalue weighted by atomic mass is 9.99. The molecule has 0 bridgehead atoms. The number of hydrogen-bond acceptors (Lipinski definition) is 7. The van der Waals surface area contributed by atoms with E-state index in [0.717, 1.165) is 54.2 Å². The van der Waals surface area contributed by atoms with Crippen molar-refractivity contribution in [1.29, 1.82) is 5.41 Å². The van der Waals surface area contributed by atoms with E-state index in [2.05, 4.69) is 27.1 Å². The predicted molar refractivity (Wildman–Crippen MR) is 133 cm³/mol. The van der Waals surface area contributed by atoms with Crippen LogP contribution < -0.4 is 11.1 Å². The van der Waals surface area contributed by atoms with Crippen LogP contribution in [0.5, 0.6) is 0 Å². The third-order valence-electron chi connectivity index (χ3n) is 6.25. The number of rotatable bonds is 6. The maximum Gasteiger partial charge on any atom is 0.306 e. The molecular formula is C25H22FN7O2. The van der Waals surface area contributed by atoms with Crippen molar-refractivity contribution < 1.29 is 9.31 Å². The number of aromatic nitrogens is 3. The molecule has 2 aromatic heterocycles. The van der Waals surface area contributed by atoms with Gasteiger partial charge in [0, 0.05) is 59.5 Å². The van der Waals surface area contributed by atoms with E-state index in [4.69, 9.17) is 16.1 Å². The minimum atomic E-state index is -0.909. The summed E-state index contributed by atoms with van der Waals surface area (Å²) in [5.74, 6) is -0.728. The van der Waals surface area contributed by atoms with Crippen molar-refractivity contribution in [3.05, 3.63) is 81.5 Å². The fourth-order valence-electron chi connectivity index (χ4n) is 4.57. The zero-order chi connectivity index (χ0) is 24.7. The molecule has 0 aliphatic carbocycles. The van der Waals surface area contributed by atoms with Gasteiger partial charge in [-0.2, -0.15) is 4.39 Å². The van der Waals surface area contributed by atoms with E-state index < -0.39 is 16.4 Å². The molecule has 0 radical (unpaired) electrons. The lowest BCUT2D eigenvalue weighted by Gasteiger charge is -2.14. The second-order valence-corrected chi connectivity index (χ2v) is 8.38. The van der Waals surface area contributed by atoms with Crippen LogP contribution in [0.4, 0.5) is 21.7 Å². The van der Waals surface area contributed by atoms with E-state index in [1.807, 2.05) is 12.1 Å². The van der Waals surface area contributed by atoms with Gasteiger partial charge in [0.05, 0.1) is 21.8 Å². The van der Waals surface area contributed by atoms with Gasteiger partial charge in [0.2, 0.25) is 11.8 Å². The molecule has 35 heavy (non-hydrogen) atoms. The third-order valence-corrected chi connectivity index (χ3v) is 6.25. The van der Waals surface area contributed by atoms with Crippen molar-refractivity contribution in [1.82, 2.24) is 14.5 Å². The standard InChI is InChI=1S/C25H22FN7O2/c1-14-8-20(26)22(33(34)35)9-21(14)30-25-29-12-18(16(10-27)11-28)23(31-25)19-13-32-7-3-5-15-4-2-6-17(19)24(15)32/h2,4,6,8-13,27H,3,5,7,28H2,1H3,(H,29,30,31)/b16-11+,27-10?. The van der Waals surface area contributed by atoms with Gasteiger partial charge in [-0.25, -0.2) is 9.97 Å². The van der Waals surface area contributed by atoms with Crippen LogP contribution in [0.2, 0.25) is 0 Å². The van der Waals surface area contributed by atoms with Crippen LogP contribution in [0.25, 0.3) is 27.7 Å². The quantitative estimate of drug-likeness (QED) is 0.203. The molecule has 3 heterocycles. The van der Waals surface area contributed by atoms with Crippen molar-refractivity contribution in [2.45, 2.75) is 26.3 Å². The first-order valence-corrected chi connectivity index (χ1v) is 11.0. The molecule has 0 atom stereocenters. The molecule has 4 aromatic rings. The number of benzene rings is 2. The molecule has 1 aliphatic heterocycles. The van der Waals surface area contributed by atoms with Gasteiger partial charge in [-0.05, 0) is 37.0 Å². The molecule has 10 heteroatoms. The Balaban J connectivity index is 1.68. The van der Waals surface area contributed by atoms with E-state index >= 15 is 0 Å². The molecule has 0 spiro atoms. The number of nitro groups is 1. The normalized spacial score (nSPS) is 13.1. The summed E-state index contributed by atoms with van der Waals surface area (Å²) >= 11 is 0. The summed E-state index contributed by atoms with van der Waals surface area (Å²) < 4.78 is 16.2. The Hall–Kier alpha value is -4.60. The van der Waals surface area contributed by atoms with Crippen molar-refractivity contribution >= 4 is 40.0 Å². The zero-order valence-corrected chi connectivity index (χ0v) is 18.9. The van der Waals surface area contributed by atoms with Gasteiger partial charge in [-0.15, -0.1) is 0 Å². The highest BCUT2D eigenvalue weighted by molar-refractivity contribution is 6.11. The lowest BCUT2D eigenvalue weighted by Crippen LogP contribution is -2.05. The maximum absolute atomic E-state index is 14.0. The van der Waals surface area contributed by atoms with Crippen LogP contribution >= 0.6 is 0 Å². The minimum Gasteiger partial charge on any atom is -0.404 e. The highest BCUT2D eigenvalue weighted by Crippen LogP contribution is 2.38. The number of nitrogens with one attached hydrogen (secondary N) is 2. The monoisotopic (exact) mass is 471 g/mol. The topological polar surface area (TPSA) is 136 Å². The van der Waals surface area contributed by atoms with Crippen molar-refractivity contribution in [3.63, 3.8) is 0 Å². The Morgan fingerprint density at radius 3 is 2.94 bits per heavy atom. The van der Waals surface area contributed by atoms with Crippen LogP contribution in [0, 0.1) is 28.3 Å². The smallest absolute Gasteiger partial charge is 0.306 e. The summed E-state index contributed by atoms with van der Waals surface area (Å²) in [5, 5.41) is 23.0. The Bertz CT molecular complexity index is 1540. The molecule has 0 fully saturated rings. The molecule has 1 aliphatic rings. The summed E-state index contributed by atoms with van der Waals surface area (Å²) in [6.45, 7) is 2.53. The van der Waals surface area contributed by atoms with Gasteiger partial charge in [0.15, 0.2) is 0 Å². The van der Waals surface area contributed by atoms with Crippen LogP contribution in [0.3, 0.4) is 0 Å². The van der Waals surface area contributed by atoms with Gasteiger partial charge in [-0.3, -0.25) is 10.1 Å². The predicted octanol–water partition coefficient (Wildman–Crippen LogP) is 5.09. The van der Waals surface area contributed by atoms with E-state index in [-0.39, 0.29) is 5.95 Å². The van der Waals surface area contributed by atoms with Crippen LogP contribution in [-0.4, -0.2) is 25.7 Å². The number of para-hydroxylation sites is 1. The number of aryl methyl sites for hydroxylation is 3. The Morgan fingerprint density at radius 2 is 2.20 bits per heavy atom. The molecule has 0 saturated carbocycles. The Morgan fingerprint density at radius 1 is 1.37 bits per heavy atom. The SMILES string of the molecule is Cc1cc(F)c([N+](=O)[O-])cc1Nc1ncc(/C(C=N)=C/N)c(-c2cn3c4c(cccc24)CCC3)n1. The summed E-state index contributed by atoms with van der Waals surface area (Å²) in [6, 6.07) is 8.42. The van der Waals surface area contributed by atoms with Gasteiger partial charge in [0.1, 0.15) is 0 Å². The lowest BCUT2D eigenvalue weighted by molar-refractivity contribution is -0.387. The van der Waals surface area contributed by atoms with Crippen molar-refractivity contribution in [3.8, 4) is 11.3 Å². The van der Waals surface area contributed by atoms with Crippen molar-refractivity contribution in [2.75, 3.05) is 5.32 Å². The van der Waals surface area contributed by atoms with E-state index in [1.54, 1.807) is 13.1 Å². The fraction of sp³-hybridized carbons (Fsp3) is 0.160. The van der Waals surface area contributed by atoms with Gasteiger partial charge >= 0.3 is 5.69 Å². The van der Waals surface area contributed by atoms with Crippen LogP contribution in [0.15, 0.2) is 48.9 Å². The molecule has 0 amide bonds. The first-order chi connectivity index (χ1) is 16.9. The number of nitrogens with zero attached hydrogens (tertiary/aromatic N) is 4. The van der Waals surface area contributed by atoms with Crippen LogP contribution in [0.1, 0.15) is 23.1 Å². The molecule has 2 aromatic carbocycles.